The van der Waals surface area contributed by atoms with Crippen LogP contribution in [0.5, 0.6) is 11.5 Å². The molecule has 7 nitrogen and oxygen atoms in total. The maximum absolute atomic E-state index is 12.3. The number of hydrogen-bond acceptors (Lipinski definition) is 6. The van der Waals surface area contributed by atoms with Crippen LogP contribution in [0.2, 0.25) is 0 Å². The summed E-state index contributed by atoms with van der Waals surface area (Å²) < 4.78 is 10.7. The summed E-state index contributed by atoms with van der Waals surface area (Å²) in [6.45, 7) is 0. The molecule has 0 saturated heterocycles. The lowest BCUT2D eigenvalue weighted by Gasteiger charge is -2.10. The van der Waals surface area contributed by atoms with Crippen LogP contribution < -0.4 is 9.47 Å². The van der Waals surface area contributed by atoms with Crippen LogP contribution in [0, 0.1) is 10.1 Å². The Kier molecular flexibility index (Phi) is 5.76. The van der Waals surface area contributed by atoms with Crippen LogP contribution in [0.3, 0.4) is 0 Å². The second kappa shape index (κ2) is 8.59. The van der Waals surface area contributed by atoms with Crippen molar-refractivity contribution in [2.75, 3.05) is 7.11 Å². The normalized spacial score (nSPS) is 10.6. The van der Waals surface area contributed by atoms with Gasteiger partial charge in [-0.2, -0.15) is 0 Å². The molecule has 0 bridgehead atoms. The molecular formula is C21H16N2O5. The highest BCUT2D eigenvalue weighted by Crippen LogP contribution is 2.29. The van der Waals surface area contributed by atoms with E-state index in [9.17, 15) is 14.9 Å². The first-order chi connectivity index (χ1) is 13.6. The molecule has 1 heterocycles. The zero-order valence-corrected chi connectivity index (χ0v) is 14.9. The van der Waals surface area contributed by atoms with E-state index >= 15 is 0 Å². The van der Waals surface area contributed by atoms with Gasteiger partial charge in [0.2, 0.25) is 0 Å². The first kappa shape index (κ1) is 18.8. The SMILES string of the molecule is COc1cc(/C=C/c2ccncc2)ccc1OC(=O)c1ccc([N+](=O)[O-])cc1. The van der Waals surface area contributed by atoms with E-state index in [1.807, 2.05) is 24.3 Å². The summed E-state index contributed by atoms with van der Waals surface area (Å²) in [5.41, 5.74) is 1.97. The van der Waals surface area contributed by atoms with E-state index in [1.54, 1.807) is 30.6 Å². The van der Waals surface area contributed by atoms with Crippen molar-refractivity contribution in [2.45, 2.75) is 0 Å². The number of methoxy groups -OCH3 is 1. The number of pyridine rings is 1. The van der Waals surface area contributed by atoms with Crippen LogP contribution in [-0.4, -0.2) is 23.0 Å². The molecule has 0 spiro atoms. The molecule has 0 saturated carbocycles. The second-order valence-corrected chi connectivity index (χ2v) is 5.72. The summed E-state index contributed by atoms with van der Waals surface area (Å²) >= 11 is 0. The lowest BCUT2D eigenvalue weighted by Crippen LogP contribution is -2.09. The number of ether oxygens (including phenoxy) is 2. The quantitative estimate of drug-likeness (QED) is 0.274. The van der Waals surface area contributed by atoms with Gasteiger partial charge in [0.05, 0.1) is 17.6 Å². The Balaban J connectivity index is 1.75. The predicted octanol–water partition coefficient (Wildman–Crippen LogP) is 4.39. The summed E-state index contributed by atoms with van der Waals surface area (Å²) in [6, 6.07) is 14.1. The molecule has 1 aromatic heterocycles. The van der Waals surface area contributed by atoms with E-state index in [0.29, 0.717) is 5.75 Å². The summed E-state index contributed by atoms with van der Waals surface area (Å²) in [7, 11) is 1.48. The molecule has 0 aliphatic carbocycles. The van der Waals surface area contributed by atoms with Crippen LogP contribution in [0.1, 0.15) is 21.5 Å². The standard InChI is InChI=1S/C21H16N2O5/c1-27-20-14-16(3-2-15-10-12-22-13-11-15)4-9-19(20)28-21(24)17-5-7-18(8-6-17)23(25)26/h2-14H,1H3/b3-2+. The van der Waals surface area contributed by atoms with E-state index in [0.717, 1.165) is 11.1 Å². The molecule has 7 heteroatoms. The van der Waals surface area contributed by atoms with Crippen molar-refractivity contribution in [1.29, 1.82) is 0 Å². The van der Waals surface area contributed by atoms with Crippen molar-refractivity contribution in [1.82, 2.24) is 4.98 Å². The van der Waals surface area contributed by atoms with E-state index in [4.69, 9.17) is 9.47 Å². The number of non-ortho nitro benzene ring substituents is 1. The van der Waals surface area contributed by atoms with Gasteiger partial charge in [-0.1, -0.05) is 18.2 Å². The Labute approximate surface area is 161 Å². The van der Waals surface area contributed by atoms with Gasteiger partial charge >= 0.3 is 5.97 Å². The van der Waals surface area contributed by atoms with Gasteiger partial charge in [-0.15, -0.1) is 0 Å². The van der Waals surface area contributed by atoms with Crippen LogP contribution in [-0.2, 0) is 0 Å². The molecular weight excluding hydrogens is 360 g/mol. The first-order valence-electron chi connectivity index (χ1n) is 8.29. The van der Waals surface area contributed by atoms with Crippen LogP contribution in [0.15, 0.2) is 67.0 Å². The minimum absolute atomic E-state index is 0.0977. The van der Waals surface area contributed by atoms with Gasteiger partial charge in [-0.05, 0) is 47.5 Å². The number of benzene rings is 2. The van der Waals surface area contributed by atoms with Crippen molar-refractivity contribution in [2.24, 2.45) is 0 Å². The van der Waals surface area contributed by atoms with E-state index in [-0.39, 0.29) is 17.0 Å². The third-order valence-corrected chi connectivity index (χ3v) is 3.88. The number of hydrogen-bond donors (Lipinski definition) is 0. The lowest BCUT2D eigenvalue weighted by atomic mass is 10.1. The molecule has 140 valence electrons. The fourth-order valence-electron chi connectivity index (χ4n) is 2.42. The number of carbonyl (C=O) groups excluding carboxylic acids is 1. The van der Waals surface area contributed by atoms with E-state index in [1.165, 1.54) is 31.4 Å². The number of nitrogens with zero attached hydrogens (tertiary/aromatic N) is 2. The topological polar surface area (TPSA) is 91.6 Å². The largest absolute Gasteiger partial charge is 0.493 e. The zero-order chi connectivity index (χ0) is 19.9. The number of nitro groups is 1. The molecule has 0 aliphatic heterocycles. The second-order valence-electron chi connectivity index (χ2n) is 5.72. The van der Waals surface area contributed by atoms with Gasteiger partial charge in [0.25, 0.3) is 5.69 Å². The van der Waals surface area contributed by atoms with Crippen molar-refractivity contribution >= 4 is 23.8 Å². The molecule has 3 aromatic rings. The molecule has 2 aromatic carbocycles. The smallest absolute Gasteiger partial charge is 0.343 e. The minimum atomic E-state index is -0.631. The van der Waals surface area contributed by atoms with Crippen molar-refractivity contribution < 1.29 is 19.2 Å². The molecule has 0 unspecified atom stereocenters. The molecule has 0 fully saturated rings. The molecule has 28 heavy (non-hydrogen) atoms. The fraction of sp³-hybridized carbons (Fsp3) is 0.0476. The maximum atomic E-state index is 12.3. The first-order valence-corrected chi connectivity index (χ1v) is 8.29. The minimum Gasteiger partial charge on any atom is -0.493 e. The molecule has 0 radical (unpaired) electrons. The molecule has 0 N–H and O–H groups in total. The number of nitro benzene ring substituents is 1. The molecule has 0 aliphatic rings. The van der Waals surface area contributed by atoms with Gasteiger partial charge in [0.1, 0.15) is 0 Å². The van der Waals surface area contributed by atoms with E-state index < -0.39 is 10.9 Å². The Hall–Kier alpha value is -4.00. The monoisotopic (exact) mass is 376 g/mol. The maximum Gasteiger partial charge on any atom is 0.343 e. The summed E-state index contributed by atoms with van der Waals surface area (Å²) in [5, 5.41) is 10.7. The van der Waals surface area contributed by atoms with Crippen molar-refractivity contribution in [3.05, 3.63) is 93.8 Å². The average Bonchev–Trinajstić information content (AvgIpc) is 2.73. The molecule has 0 amide bonds. The third-order valence-electron chi connectivity index (χ3n) is 3.88. The average molecular weight is 376 g/mol. The molecule has 0 atom stereocenters. The fourth-order valence-corrected chi connectivity index (χ4v) is 2.42. The number of aromatic nitrogens is 1. The van der Waals surface area contributed by atoms with E-state index in [2.05, 4.69) is 4.98 Å². The van der Waals surface area contributed by atoms with Crippen LogP contribution >= 0.6 is 0 Å². The van der Waals surface area contributed by atoms with Crippen molar-refractivity contribution in [3.8, 4) is 11.5 Å². The van der Waals surface area contributed by atoms with Gasteiger partial charge < -0.3 is 9.47 Å². The van der Waals surface area contributed by atoms with Gasteiger partial charge in [0, 0.05) is 24.5 Å². The number of carbonyl (C=O) groups is 1. The Morgan fingerprint density at radius 2 is 1.64 bits per heavy atom. The van der Waals surface area contributed by atoms with Crippen LogP contribution in [0.4, 0.5) is 5.69 Å². The summed E-state index contributed by atoms with van der Waals surface area (Å²) in [4.78, 5) is 26.4. The summed E-state index contributed by atoms with van der Waals surface area (Å²) in [5.74, 6) is 0.0207. The zero-order valence-electron chi connectivity index (χ0n) is 14.9. The highest BCUT2D eigenvalue weighted by atomic mass is 16.6. The Morgan fingerprint density at radius 1 is 0.964 bits per heavy atom. The predicted molar refractivity (Wildman–Crippen MR) is 104 cm³/mol. The number of esters is 1. The van der Waals surface area contributed by atoms with Crippen LogP contribution in [0.25, 0.3) is 12.2 Å². The highest BCUT2D eigenvalue weighted by molar-refractivity contribution is 5.91. The van der Waals surface area contributed by atoms with Gasteiger partial charge in [-0.25, -0.2) is 4.79 Å². The van der Waals surface area contributed by atoms with Gasteiger partial charge in [-0.3, -0.25) is 15.1 Å². The Morgan fingerprint density at radius 3 is 2.29 bits per heavy atom. The lowest BCUT2D eigenvalue weighted by molar-refractivity contribution is -0.384. The summed E-state index contributed by atoms with van der Waals surface area (Å²) in [6.07, 6.45) is 7.25. The molecule has 3 rings (SSSR count). The van der Waals surface area contributed by atoms with Crippen molar-refractivity contribution in [3.63, 3.8) is 0 Å². The Bertz CT molecular complexity index is 1010. The number of rotatable bonds is 6. The van der Waals surface area contributed by atoms with Gasteiger partial charge in [0.15, 0.2) is 11.5 Å². The highest BCUT2D eigenvalue weighted by Gasteiger charge is 2.14. The third kappa shape index (κ3) is 4.59.